The van der Waals surface area contributed by atoms with Gasteiger partial charge in [0.05, 0.1) is 23.4 Å². The van der Waals surface area contributed by atoms with Gasteiger partial charge in [0, 0.05) is 26.2 Å². The van der Waals surface area contributed by atoms with E-state index < -0.39 is 18.1 Å². The summed E-state index contributed by atoms with van der Waals surface area (Å²) in [6, 6.07) is 16.5. The topological polar surface area (TPSA) is 96.6 Å². The van der Waals surface area contributed by atoms with Crippen LogP contribution in [0.3, 0.4) is 0 Å². The first-order chi connectivity index (χ1) is 18.0. The van der Waals surface area contributed by atoms with Crippen LogP contribution in [-0.4, -0.2) is 61.4 Å². The van der Waals surface area contributed by atoms with Gasteiger partial charge in [-0.25, -0.2) is 0 Å². The fraction of sp³-hybridized carbons (Fsp3) is 0.269. The molecule has 11 heteroatoms. The van der Waals surface area contributed by atoms with Crippen molar-refractivity contribution in [1.82, 2.24) is 14.8 Å². The number of carbonyl (C=O) groups is 1. The summed E-state index contributed by atoms with van der Waals surface area (Å²) in [5.41, 5.74) is 0.495. The third-order valence-corrected chi connectivity index (χ3v) is 6.70. The molecule has 4 rings (SSSR count). The molecule has 0 radical (unpaired) electrons. The van der Waals surface area contributed by atoms with Crippen LogP contribution >= 0.6 is 11.3 Å². The van der Waals surface area contributed by atoms with Crippen LogP contribution in [0.15, 0.2) is 59.4 Å². The molecule has 0 atom stereocenters. The largest absolute Gasteiger partial charge is 0.435 e. The highest BCUT2D eigenvalue weighted by atomic mass is 32.1. The quantitative estimate of drug-likeness (QED) is 0.478. The number of amides is 1. The zero-order valence-corrected chi connectivity index (χ0v) is 20.5. The Morgan fingerprint density at radius 1 is 1.16 bits per heavy atom. The highest BCUT2D eigenvalue weighted by molar-refractivity contribution is 7.07. The van der Waals surface area contributed by atoms with E-state index in [0.29, 0.717) is 37.6 Å². The van der Waals surface area contributed by atoms with E-state index in [0.717, 1.165) is 24.4 Å². The molecule has 0 spiro atoms. The summed E-state index contributed by atoms with van der Waals surface area (Å²) in [5.74, 6) is -0.573. The number of hydrogen-bond acceptors (Lipinski definition) is 7. The van der Waals surface area contributed by atoms with Gasteiger partial charge in [0.15, 0.2) is 5.57 Å². The molecule has 0 saturated carbocycles. The Kier molecular flexibility index (Phi) is 8.79. The number of morpholine rings is 1. The lowest BCUT2D eigenvalue weighted by Crippen LogP contribution is -2.42. The van der Waals surface area contributed by atoms with Crippen LogP contribution < -0.4 is 24.8 Å². The number of benzene rings is 2. The highest BCUT2D eigenvalue weighted by Gasteiger charge is 2.17. The third kappa shape index (κ3) is 6.68. The molecule has 0 bridgehead atoms. The Labute approximate surface area is 215 Å². The predicted molar refractivity (Wildman–Crippen MR) is 135 cm³/mol. The zero-order chi connectivity index (χ0) is 26.2. The molecule has 1 aromatic heterocycles. The molecular weight excluding hydrogens is 502 g/mol. The second kappa shape index (κ2) is 12.4. The predicted octanol–water partition coefficient (Wildman–Crippen LogP) is 1.45. The van der Waals surface area contributed by atoms with Crippen molar-refractivity contribution in [3.8, 4) is 17.5 Å². The first kappa shape index (κ1) is 26.2. The van der Waals surface area contributed by atoms with Gasteiger partial charge < -0.3 is 14.8 Å². The molecule has 1 amide bonds. The molecule has 3 aromatic rings. The van der Waals surface area contributed by atoms with Crippen LogP contribution in [-0.2, 0) is 9.53 Å². The van der Waals surface area contributed by atoms with Gasteiger partial charge in [-0.3, -0.25) is 19.1 Å². The van der Waals surface area contributed by atoms with Crippen molar-refractivity contribution in [3.63, 3.8) is 0 Å². The van der Waals surface area contributed by atoms with Crippen LogP contribution in [0.1, 0.15) is 5.56 Å². The van der Waals surface area contributed by atoms with Gasteiger partial charge in [-0.05, 0) is 35.9 Å². The molecular formula is C26H24F2N4O4S. The summed E-state index contributed by atoms with van der Waals surface area (Å²) in [4.78, 5) is 28.6. The summed E-state index contributed by atoms with van der Waals surface area (Å²) in [6.45, 7) is 0.861. The van der Waals surface area contributed by atoms with Gasteiger partial charge in [0.1, 0.15) is 16.5 Å². The second-order valence-corrected chi connectivity index (χ2v) is 9.07. The molecule has 1 fully saturated rings. The first-order valence-electron chi connectivity index (χ1n) is 11.5. The van der Waals surface area contributed by atoms with Crippen LogP contribution in [0.4, 0.5) is 8.78 Å². The minimum Gasteiger partial charge on any atom is -0.435 e. The average Bonchev–Trinajstić information content (AvgIpc) is 3.21. The summed E-state index contributed by atoms with van der Waals surface area (Å²) < 4.78 is 36.4. The van der Waals surface area contributed by atoms with Crippen LogP contribution in [0, 0.1) is 11.3 Å². The number of alkyl halides is 2. The van der Waals surface area contributed by atoms with Crippen LogP contribution in [0.25, 0.3) is 17.3 Å². The molecule has 0 aliphatic carbocycles. The number of para-hydroxylation sites is 1. The van der Waals surface area contributed by atoms with E-state index in [9.17, 15) is 23.6 Å². The van der Waals surface area contributed by atoms with E-state index in [1.807, 2.05) is 6.07 Å². The van der Waals surface area contributed by atoms with Gasteiger partial charge in [-0.1, -0.05) is 30.3 Å². The number of ether oxygens (including phenoxy) is 2. The smallest absolute Gasteiger partial charge is 0.387 e. The Balaban J connectivity index is 1.71. The second-order valence-electron chi connectivity index (χ2n) is 8.04. The summed E-state index contributed by atoms with van der Waals surface area (Å²) in [5, 5.41) is 12.7. The molecule has 8 nitrogen and oxygen atoms in total. The number of hydrogen-bond donors (Lipinski definition) is 1. The van der Waals surface area contributed by atoms with Crippen molar-refractivity contribution in [2.75, 3.05) is 39.4 Å². The van der Waals surface area contributed by atoms with Gasteiger partial charge in [0.25, 0.3) is 11.5 Å². The van der Waals surface area contributed by atoms with E-state index >= 15 is 0 Å². The van der Waals surface area contributed by atoms with Crippen molar-refractivity contribution >= 4 is 28.9 Å². The molecule has 37 heavy (non-hydrogen) atoms. The Morgan fingerprint density at radius 2 is 1.86 bits per heavy atom. The summed E-state index contributed by atoms with van der Waals surface area (Å²) >= 11 is 1.01. The van der Waals surface area contributed by atoms with Gasteiger partial charge in [0.2, 0.25) is 0 Å². The minimum atomic E-state index is -2.94. The molecule has 2 heterocycles. The molecule has 0 unspecified atom stereocenters. The molecule has 1 N–H and O–H groups in total. The SMILES string of the molecule is N#C/C(C(=O)NCCN1CCOCC1)=c1/s/c(=C\c2ccc(OC(F)F)cc2)c(=O)n1-c1ccccc1. The fourth-order valence-corrected chi connectivity index (χ4v) is 4.90. The third-order valence-electron chi connectivity index (χ3n) is 5.61. The Bertz CT molecular complexity index is 1440. The van der Waals surface area contributed by atoms with Crippen molar-refractivity contribution in [3.05, 3.63) is 79.7 Å². The molecule has 1 saturated heterocycles. The van der Waals surface area contributed by atoms with Gasteiger partial charge >= 0.3 is 6.61 Å². The van der Waals surface area contributed by atoms with Crippen molar-refractivity contribution < 1.29 is 23.0 Å². The number of carbonyl (C=O) groups excluding carboxylic acids is 1. The van der Waals surface area contributed by atoms with E-state index in [4.69, 9.17) is 4.74 Å². The lowest BCUT2D eigenvalue weighted by molar-refractivity contribution is -0.115. The molecule has 1 aliphatic heterocycles. The maximum atomic E-state index is 13.4. The summed E-state index contributed by atoms with van der Waals surface area (Å²) in [6.07, 6.45) is 1.58. The van der Waals surface area contributed by atoms with Gasteiger partial charge in [-0.2, -0.15) is 14.0 Å². The average molecular weight is 527 g/mol. The number of aromatic nitrogens is 1. The van der Waals surface area contributed by atoms with E-state index in [2.05, 4.69) is 15.0 Å². The fourth-order valence-electron chi connectivity index (χ4n) is 3.79. The standard InChI is InChI=1S/C26H24F2N4O4S/c27-26(28)36-20-8-6-18(7-9-20)16-22-24(34)32(19-4-2-1-3-5-19)25(37-22)21(17-29)23(33)30-10-11-31-12-14-35-15-13-31/h1-9,16,26H,10-15H2,(H,30,33)/b22-16-,25-21-. The first-order valence-corrected chi connectivity index (χ1v) is 12.3. The number of nitriles is 1. The Morgan fingerprint density at radius 3 is 2.51 bits per heavy atom. The minimum absolute atomic E-state index is 0.00503. The number of halogens is 2. The van der Waals surface area contributed by atoms with Crippen LogP contribution in [0.2, 0.25) is 0 Å². The molecule has 1 aliphatic rings. The number of nitrogens with one attached hydrogen (secondary N) is 1. The highest BCUT2D eigenvalue weighted by Crippen LogP contribution is 2.15. The molecule has 2 aromatic carbocycles. The number of nitrogens with zero attached hydrogens (tertiary/aromatic N) is 3. The monoisotopic (exact) mass is 526 g/mol. The summed E-state index contributed by atoms with van der Waals surface area (Å²) in [7, 11) is 0. The maximum Gasteiger partial charge on any atom is 0.387 e. The van der Waals surface area contributed by atoms with Crippen molar-refractivity contribution in [2.45, 2.75) is 6.61 Å². The van der Waals surface area contributed by atoms with E-state index in [1.165, 1.54) is 28.8 Å². The zero-order valence-electron chi connectivity index (χ0n) is 19.7. The Hall–Kier alpha value is -3.85. The van der Waals surface area contributed by atoms with Gasteiger partial charge in [-0.15, -0.1) is 11.3 Å². The normalized spacial score (nSPS) is 15.4. The maximum absolute atomic E-state index is 13.4. The number of rotatable bonds is 8. The van der Waals surface area contributed by atoms with E-state index in [-0.39, 0.29) is 20.5 Å². The lowest BCUT2D eigenvalue weighted by Gasteiger charge is -2.26. The number of thiazole rings is 1. The molecule has 192 valence electrons. The van der Waals surface area contributed by atoms with Crippen LogP contribution in [0.5, 0.6) is 5.75 Å². The van der Waals surface area contributed by atoms with E-state index in [1.54, 1.807) is 36.4 Å². The lowest BCUT2D eigenvalue weighted by atomic mass is 10.2. The van der Waals surface area contributed by atoms with Crippen molar-refractivity contribution in [1.29, 1.82) is 5.26 Å². The van der Waals surface area contributed by atoms with Crippen molar-refractivity contribution in [2.24, 2.45) is 0 Å².